The highest BCUT2D eigenvalue weighted by molar-refractivity contribution is 5.94. The summed E-state index contributed by atoms with van der Waals surface area (Å²) in [6, 6.07) is 9.60. The Hall–Kier alpha value is -2.63. The predicted molar refractivity (Wildman–Crippen MR) is 85.0 cm³/mol. The molecule has 1 amide bonds. The SMILES string of the molecule is Cc1ccc(-c2cc(C(=O)N3CCC(C)(C(=O)O)C3)[nH]n2)cc1. The van der Waals surface area contributed by atoms with Crippen LogP contribution in [0.15, 0.2) is 30.3 Å². The minimum absolute atomic E-state index is 0.208. The number of carboxylic acids is 1. The number of hydrogen-bond donors (Lipinski definition) is 2. The summed E-state index contributed by atoms with van der Waals surface area (Å²) in [6.07, 6.45) is 0.465. The van der Waals surface area contributed by atoms with E-state index in [0.717, 1.165) is 11.1 Å². The molecule has 6 nitrogen and oxygen atoms in total. The number of carbonyl (C=O) groups excluding carboxylic acids is 1. The Balaban J connectivity index is 1.77. The maximum absolute atomic E-state index is 12.5. The van der Waals surface area contributed by atoms with Crippen molar-refractivity contribution < 1.29 is 14.7 Å². The highest BCUT2D eigenvalue weighted by Gasteiger charge is 2.42. The third-order valence-corrected chi connectivity index (χ3v) is 4.43. The summed E-state index contributed by atoms with van der Waals surface area (Å²) in [7, 11) is 0. The van der Waals surface area contributed by atoms with Gasteiger partial charge in [0.15, 0.2) is 0 Å². The van der Waals surface area contributed by atoms with Crippen LogP contribution in [-0.4, -0.2) is 45.2 Å². The van der Waals surface area contributed by atoms with Gasteiger partial charge >= 0.3 is 5.97 Å². The molecule has 1 fully saturated rings. The predicted octanol–water partition coefficient (Wildman–Crippen LogP) is 2.32. The van der Waals surface area contributed by atoms with Crippen molar-refractivity contribution >= 4 is 11.9 Å². The van der Waals surface area contributed by atoms with E-state index >= 15 is 0 Å². The van der Waals surface area contributed by atoms with E-state index in [9.17, 15) is 14.7 Å². The minimum Gasteiger partial charge on any atom is -0.481 e. The number of carbonyl (C=O) groups is 2. The first kappa shape index (κ1) is 15.3. The normalized spacial score (nSPS) is 20.7. The quantitative estimate of drug-likeness (QED) is 0.910. The van der Waals surface area contributed by atoms with E-state index in [1.165, 1.54) is 0 Å². The van der Waals surface area contributed by atoms with Crippen molar-refractivity contribution in [1.82, 2.24) is 15.1 Å². The number of aliphatic carboxylic acids is 1. The molecule has 0 spiro atoms. The van der Waals surface area contributed by atoms with Gasteiger partial charge in [0.25, 0.3) is 5.91 Å². The van der Waals surface area contributed by atoms with Crippen molar-refractivity contribution in [2.24, 2.45) is 5.41 Å². The molecule has 1 aromatic heterocycles. The molecular weight excluding hydrogens is 294 g/mol. The van der Waals surface area contributed by atoms with Crippen LogP contribution in [0.25, 0.3) is 11.3 Å². The van der Waals surface area contributed by atoms with Gasteiger partial charge in [-0.1, -0.05) is 29.8 Å². The topological polar surface area (TPSA) is 86.3 Å². The molecule has 1 unspecified atom stereocenters. The highest BCUT2D eigenvalue weighted by Crippen LogP contribution is 2.31. The van der Waals surface area contributed by atoms with Gasteiger partial charge < -0.3 is 10.0 Å². The Morgan fingerprint density at radius 3 is 2.61 bits per heavy atom. The first-order valence-electron chi connectivity index (χ1n) is 7.54. The van der Waals surface area contributed by atoms with Gasteiger partial charge in [-0.2, -0.15) is 5.10 Å². The van der Waals surface area contributed by atoms with Crippen LogP contribution in [0.1, 0.15) is 29.4 Å². The van der Waals surface area contributed by atoms with Gasteiger partial charge in [0.1, 0.15) is 5.69 Å². The second-order valence-electron chi connectivity index (χ2n) is 6.38. The smallest absolute Gasteiger partial charge is 0.311 e. The lowest BCUT2D eigenvalue weighted by Crippen LogP contribution is -2.35. The molecule has 23 heavy (non-hydrogen) atoms. The summed E-state index contributed by atoms with van der Waals surface area (Å²) in [6.45, 7) is 4.35. The van der Waals surface area contributed by atoms with Crippen LogP contribution >= 0.6 is 0 Å². The fraction of sp³-hybridized carbons (Fsp3) is 0.353. The van der Waals surface area contributed by atoms with Gasteiger partial charge in [0.2, 0.25) is 0 Å². The number of aromatic amines is 1. The van der Waals surface area contributed by atoms with E-state index in [1.54, 1.807) is 17.9 Å². The van der Waals surface area contributed by atoms with Crippen molar-refractivity contribution in [2.75, 3.05) is 13.1 Å². The molecule has 3 rings (SSSR count). The van der Waals surface area contributed by atoms with E-state index in [2.05, 4.69) is 10.2 Å². The summed E-state index contributed by atoms with van der Waals surface area (Å²) in [5.74, 6) is -1.07. The van der Waals surface area contributed by atoms with E-state index in [-0.39, 0.29) is 12.5 Å². The molecule has 1 saturated heterocycles. The summed E-state index contributed by atoms with van der Waals surface area (Å²) < 4.78 is 0. The first-order valence-corrected chi connectivity index (χ1v) is 7.54. The molecule has 0 aliphatic carbocycles. The highest BCUT2D eigenvalue weighted by atomic mass is 16.4. The third kappa shape index (κ3) is 2.84. The van der Waals surface area contributed by atoms with Gasteiger partial charge in [-0.3, -0.25) is 14.7 Å². The molecule has 1 aliphatic heterocycles. The number of benzene rings is 1. The van der Waals surface area contributed by atoms with Crippen LogP contribution in [0.5, 0.6) is 0 Å². The summed E-state index contributed by atoms with van der Waals surface area (Å²) in [5.41, 5.74) is 2.31. The average molecular weight is 313 g/mol. The zero-order valence-electron chi connectivity index (χ0n) is 13.2. The van der Waals surface area contributed by atoms with E-state index < -0.39 is 11.4 Å². The Labute approximate surface area is 134 Å². The number of hydrogen-bond acceptors (Lipinski definition) is 3. The number of H-pyrrole nitrogens is 1. The Kier molecular flexibility index (Phi) is 3.67. The van der Waals surface area contributed by atoms with Gasteiger partial charge in [0, 0.05) is 18.7 Å². The van der Waals surface area contributed by atoms with E-state index in [0.29, 0.717) is 24.4 Å². The molecule has 2 heterocycles. The van der Waals surface area contributed by atoms with Gasteiger partial charge in [0.05, 0.1) is 11.1 Å². The number of amides is 1. The first-order chi connectivity index (χ1) is 10.9. The van der Waals surface area contributed by atoms with Crippen molar-refractivity contribution in [3.63, 3.8) is 0 Å². The van der Waals surface area contributed by atoms with Gasteiger partial charge in [-0.15, -0.1) is 0 Å². The molecular formula is C17H19N3O3. The van der Waals surface area contributed by atoms with Crippen LogP contribution in [0.3, 0.4) is 0 Å². The number of rotatable bonds is 3. The lowest BCUT2D eigenvalue weighted by molar-refractivity contribution is -0.147. The maximum Gasteiger partial charge on any atom is 0.311 e. The van der Waals surface area contributed by atoms with Crippen LogP contribution in [0.4, 0.5) is 0 Å². The fourth-order valence-electron chi connectivity index (χ4n) is 2.78. The maximum atomic E-state index is 12.5. The zero-order chi connectivity index (χ0) is 16.6. The van der Waals surface area contributed by atoms with Crippen LogP contribution in [0.2, 0.25) is 0 Å². The molecule has 120 valence electrons. The molecule has 0 radical (unpaired) electrons. The molecule has 2 aromatic rings. The number of nitrogens with one attached hydrogen (secondary N) is 1. The standard InChI is InChI=1S/C17H19N3O3/c1-11-3-5-12(6-4-11)13-9-14(19-18-13)15(21)20-8-7-17(2,10-20)16(22)23/h3-6,9H,7-8,10H2,1-2H3,(H,18,19)(H,22,23). The second-order valence-corrected chi connectivity index (χ2v) is 6.38. The van der Waals surface area contributed by atoms with Crippen molar-refractivity contribution in [3.8, 4) is 11.3 Å². The number of nitrogens with zero attached hydrogens (tertiary/aromatic N) is 2. The number of likely N-dealkylation sites (tertiary alicyclic amines) is 1. The lowest BCUT2D eigenvalue weighted by atomic mass is 9.90. The minimum atomic E-state index is -0.866. The Morgan fingerprint density at radius 1 is 1.30 bits per heavy atom. The summed E-state index contributed by atoms with van der Waals surface area (Å²) >= 11 is 0. The number of aromatic nitrogens is 2. The lowest BCUT2D eigenvalue weighted by Gasteiger charge is -2.19. The third-order valence-electron chi connectivity index (χ3n) is 4.43. The van der Waals surface area contributed by atoms with Gasteiger partial charge in [-0.05, 0) is 26.3 Å². The molecule has 2 N–H and O–H groups in total. The molecule has 6 heteroatoms. The molecule has 1 aliphatic rings. The zero-order valence-corrected chi connectivity index (χ0v) is 13.2. The molecule has 0 saturated carbocycles. The molecule has 1 atom stereocenters. The van der Waals surface area contributed by atoms with Crippen LogP contribution in [-0.2, 0) is 4.79 Å². The van der Waals surface area contributed by atoms with Crippen LogP contribution < -0.4 is 0 Å². The van der Waals surface area contributed by atoms with Crippen molar-refractivity contribution in [2.45, 2.75) is 20.3 Å². The van der Waals surface area contributed by atoms with E-state index in [1.807, 2.05) is 31.2 Å². The second kappa shape index (κ2) is 5.53. The van der Waals surface area contributed by atoms with Crippen LogP contribution in [0, 0.1) is 12.3 Å². The molecule has 0 bridgehead atoms. The summed E-state index contributed by atoms with van der Waals surface area (Å²) in [5, 5.41) is 16.2. The number of carboxylic acid groups (broad SMARTS) is 1. The Morgan fingerprint density at radius 2 is 2.00 bits per heavy atom. The monoisotopic (exact) mass is 313 g/mol. The van der Waals surface area contributed by atoms with Gasteiger partial charge in [-0.25, -0.2) is 0 Å². The average Bonchev–Trinajstić information content (AvgIpc) is 3.15. The Bertz CT molecular complexity index is 751. The van der Waals surface area contributed by atoms with E-state index in [4.69, 9.17) is 0 Å². The fourth-order valence-corrected chi connectivity index (χ4v) is 2.78. The number of aryl methyl sites for hydroxylation is 1. The summed E-state index contributed by atoms with van der Waals surface area (Å²) in [4.78, 5) is 25.4. The van der Waals surface area contributed by atoms with Crippen molar-refractivity contribution in [3.05, 3.63) is 41.6 Å². The molecule has 1 aromatic carbocycles. The van der Waals surface area contributed by atoms with Crippen molar-refractivity contribution in [1.29, 1.82) is 0 Å². The largest absolute Gasteiger partial charge is 0.481 e.